The zero-order chi connectivity index (χ0) is 17.4. The van der Waals surface area contributed by atoms with E-state index in [0.29, 0.717) is 10.5 Å². The fourth-order valence-corrected chi connectivity index (χ4v) is 3.38. The third-order valence-corrected chi connectivity index (χ3v) is 4.33. The molecule has 0 saturated carbocycles. The van der Waals surface area contributed by atoms with Gasteiger partial charge in [0.15, 0.2) is 6.10 Å². The number of amides is 1. The van der Waals surface area contributed by atoms with E-state index in [2.05, 4.69) is 6.58 Å². The monoisotopic (exact) mass is 357 g/mol. The van der Waals surface area contributed by atoms with Crippen molar-refractivity contribution in [3.8, 4) is 0 Å². The maximum atomic E-state index is 12.7. The highest BCUT2D eigenvalue weighted by atomic mass is 32.5. The summed E-state index contributed by atoms with van der Waals surface area (Å²) in [5.74, 6) is -3.09. The fraction of sp³-hybridized carbons (Fsp3) is 0.357. The Bertz CT molecular complexity index is 604. The highest BCUT2D eigenvalue weighted by Crippen LogP contribution is 2.98. The molecule has 9 heteroatoms. The summed E-state index contributed by atoms with van der Waals surface area (Å²) in [6, 6.07) is 6.70. The summed E-state index contributed by atoms with van der Waals surface area (Å²) in [7, 11) is -9.66. The van der Waals surface area contributed by atoms with Crippen molar-refractivity contribution in [2.24, 2.45) is 0 Å². The summed E-state index contributed by atoms with van der Waals surface area (Å²) >= 11 is 0. The lowest BCUT2D eigenvalue weighted by atomic mass is 9.99. The van der Waals surface area contributed by atoms with Gasteiger partial charge in [0, 0.05) is 6.54 Å². The summed E-state index contributed by atoms with van der Waals surface area (Å²) < 4.78 is 68.9. The minimum absolute atomic E-state index is 0.129. The molecule has 0 radical (unpaired) electrons. The Hall–Kier alpha value is -1.61. The van der Waals surface area contributed by atoms with Crippen LogP contribution in [0, 0.1) is 0 Å². The highest BCUT2D eigenvalue weighted by Gasteiger charge is 2.68. The molecule has 0 aromatic heterocycles. The molecule has 2 atom stereocenters. The maximum Gasteiger partial charge on any atom is 0.287 e. The van der Waals surface area contributed by atoms with Gasteiger partial charge in [0.25, 0.3) is 16.1 Å². The van der Waals surface area contributed by atoms with Gasteiger partial charge in [-0.15, -0.1) is 6.58 Å². The van der Waals surface area contributed by atoms with Gasteiger partial charge >= 0.3 is 0 Å². The first-order valence-corrected chi connectivity index (χ1v) is 8.82. The molecule has 0 spiro atoms. The number of rotatable bonds is 7. The molecule has 0 aliphatic carbocycles. The van der Waals surface area contributed by atoms with Gasteiger partial charge in [0.1, 0.15) is 5.75 Å². The van der Waals surface area contributed by atoms with Crippen LogP contribution in [-0.2, 0) is 16.1 Å². The summed E-state index contributed by atoms with van der Waals surface area (Å²) in [6.45, 7) is 2.94. The molecule has 23 heavy (non-hydrogen) atoms. The molecule has 0 unspecified atom stereocenters. The molecule has 1 fully saturated rings. The quantitative estimate of drug-likeness (QED) is 0.414. The van der Waals surface area contributed by atoms with E-state index in [1.54, 1.807) is 30.3 Å². The van der Waals surface area contributed by atoms with Gasteiger partial charge in [0.05, 0.1) is 12.6 Å². The molecule has 1 aliphatic heterocycles. The van der Waals surface area contributed by atoms with Crippen LogP contribution in [0.5, 0.6) is 0 Å². The number of carbonyl (C=O) groups excluding carboxylic acids is 1. The predicted octanol–water partition coefficient (Wildman–Crippen LogP) is 4.27. The second-order valence-electron chi connectivity index (χ2n) is 5.36. The molecule has 0 bridgehead atoms. The third kappa shape index (κ3) is 4.93. The zero-order valence-electron chi connectivity index (χ0n) is 12.0. The number of likely N-dealkylation sites (tertiary alicyclic amines) is 1. The van der Waals surface area contributed by atoms with Crippen LogP contribution in [0.25, 0.3) is 0 Å². The van der Waals surface area contributed by atoms with Gasteiger partial charge < -0.3 is 9.64 Å². The van der Waals surface area contributed by atoms with Crippen LogP contribution in [0.3, 0.4) is 0 Å². The van der Waals surface area contributed by atoms with E-state index in [1.165, 1.54) is 6.08 Å². The Morgan fingerprint density at radius 2 is 1.78 bits per heavy atom. The van der Waals surface area contributed by atoms with Crippen molar-refractivity contribution in [1.29, 1.82) is 0 Å². The van der Waals surface area contributed by atoms with Crippen molar-refractivity contribution in [1.82, 2.24) is 4.90 Å². The number of hydrogen-bond acceptors (Lipinski definition) is 2. The number of benzene rings is 1. The molecule has 130 valence electrons. The second-order valence-corrected chi connectivity index (χ2v) is 7.95. The van der Waals surface area contributed by atoms with Crippen LogP contribution in [-0.4, -0.2) is 35.3 Å². The Morgan fingerprint density at radius 1 is 1.17 bits per heavy atom. The minimum atomic E-state index is -9.66. The molecule has 1 aromatic rings. The molecule has 1 saturated heterocycles. The molecule has 0 N–H and O–H groups in total. The number of carbonyl (C=O) groups is 1. The molecular weight excluding hydrogens is 341 g/mol. The average Bonchev–Trinajstić information content (AvgIpc) is 2.42. The molecule has 1 aromatic carbocycles. The topological polar surface area (TPSA) is 29.5 Å². The van der Waals surface area contributed by atoms with E-state index in [4.69, 9.17) is 4.74 Å². The SMILES string of the molecule is C=CCN1C(=O)[C@@H](OCc2ccccc2)[C@H]1CS(F)(F)(F)(F)F. The largest absolute Gasteiger partial charge is 0.361 e. The highest BCUT2D eigenvalue weighted by molar-refractivity contribution is 8.45. The van der Waals surface area contributed by atoms with Gasteiger partial charge in [-0.3, -0.25) is 4.79 Å². The third-order valence-electron chi connectivity index (χ3n) is 3.36. The second kappa shape index (κ2) is 5.20. The number of ether oxygens (including phenoxy) is 1. The van der Waals surface area contributed by atoms with Crippen molar-refractivity contribution in [2.45, 2.75) is 18.8 Å². The first kappa shape index (κ1) is 17.7. The number of hydrogen-bond donors (Lipinski definition) is 0. The summed E-state index contributed by atoms with van der Waals surface area (Å²) in [5.41, 5.74) is 0.633. The molecule has 2 rings (SSSR count). The van der Waals surface area contributed by atoms with Crippen LogP contribution in [0.2, 0.25) is 0 Å². The predicted molar refractivity (Wildman–Crippen MR) is 78.7 cm³/mol. The van der Waals surface area contributed by atoms with Crippen molar-refractivity contribution in [3.05, 3.63) is 48.6 Å². The minimum Gasteiger partial charge on any atom is -0.361 e. The van der Waals surface area contributed by atoms with Crippen LogP contribution in [0.1, 0.15) is 5.56 Å². The molecule has 1 amide bonds. The number of β-lactam (4-membered cyclic amide) rings is 1. The van der Waals surface area contributed by atoms with Crippen molar-refractivity contribution in [2.75, 3.05) is 12.3 Å². The smallest absolute Gasteiger partial charge is 0.287 e. The van der Waals surface area contributed by atoms with E-state index in [-0.39, 0.29) is 13.2 Å². The Kier molecular flexibility index (Phi) is 4.01. The van der Waals surface area contributed by atoms with E-state index in [9.17, 15) is 24.2 Å². The van der Waals surface area contributed by atoms with Crippen LogP contribution in [0.4, 0.5) is 19.4 Å². The maximum absolute atomic E-state index is 12.7. The Labute approximate surface area is 130 Å². The number of halogens is 5. The lowest BCUT2D eigenvalue weighted by molar-refractivity contribution is -0.172. The Balaban J connectivity index is 2.11. The fourth-order valence-electron chi connectivity index (χ4n) is 2.38. The summed E-state index contributed by atoms with van der Waals surface area (Å²) in [6.07, 6.45) is -0.345. The molecule has 1 aliphatic rings. The molecule has 1 heterocycles. The van der Waals surface area contributed by atoms with Crippen LogP contribution >= 0.6 is 10.2 Å². The van der Waals surface area contributed by atoms with E-state index in [1.807, 2.05) is 0 Å². The van der Waals surface area contributed by atoms with Crippen molar-refractivity contribution >= 4 is 16.1 Å². The van der Waals surface area contributed by atoms with Gasteiger partial charge in [-0.1, -0.05) is 55.8 Å². The van der Waals surface area contributed by atoms with Crippen molar-refractivity contribution in [3.63, 3.8) is 0 Å². The standard InChI is InChI=1S/C14H16F5NO2S/c1-2-8-20-12(10-23(15,16,17,18)19)13(14(20)21)22-9-11-6-4-3-5-7-11/h2-7,12-13H,1,8-10H2/t12-,13+/m1/s1. The van der Waals surface area contributed by atoms with Gasteiger partial charge in [-0.05, 0) is 5.56 Å². The first-order valence-electron chi connectivity index (χ1n) is 6.70. The van der Waals surface area contributed by atoms with Crippen molar-refractivity contribution < 1.29 is 29.0 Å². The van der Waals surface area contributed by atoms with Gasteiger partial charge in [-0.2, -0.15) is 0 Å². The van der Waals surface area contributed by atoms with E-state index >= 15 is 0 Å². The average molecular weight is 357 g/mol. The van der Waals surface area contributed by atoms with Gasteiger partial charge in [-0.25, -0.2) is 0 Å². The molecular formula is C14H16F5NO2S. The van der Waals surface area contributed by atoms with Gasteiger partial charge in [0.2, 0.25) is 0 Å². The summed E-state index contributed by atoms with van der Waals surface area (Å²) in [4.78, 5) is 12.5. The molecule has 3 nitrogen and oxygen atoms in total. The normalized spacial score (nSPS) is 24.6. The zero-order valence-corrected chi connectivity index (χ0v) is 12.8. The first-order chi connectivity index (χ1) is 10.4. The number of nitrogens with zero attached hydrogens (tertiary/aromatic N) is 1. The summed E-state index contributed by atoms with van der Waals surface area (Å²) in [5, 5.41) is 0. The lowest BCUT2D eigenvalue weighted by Crippen LogP contribution is -2.67. The van der Waals surface area contributed by atoms with E-state index in [0.717, 1.165) is 0 Å². The van der Waals surface area contributed by atoms with E-state index < -0.39 is 34.0 Å². The van der Waals surface area contributed by atoms with Crippen LogP contribution in [0.15, 0.2) is 43.0 Å². The Morgan fingerprint density at radius 3 is 2.30 bits per heavy atom. The van der Waals surface area contributed by atoms with Crippen LogP contribution < -0.4 is 0 Å². The lowest BCUT2D eigenvalue weighted by Gasteiger charge is -2.52.